The van der Waals surface area contributed by atoms with Gasteiger partial charge in [0.15, 0.2) is 0 Å². The van der Waals surface area contributed by atoms with Crippen LogP contribution in [0.2, 0.25) is 0 Å². The molecule has 0 spiro atoms. The van der Waals surface area contributed by atoms with E-state index in [1.165, 1.54) is 11.4 Å². The van der Waals surface area contributed by atoms with Crippen LogP contribution in [0.25, 0.3) is 6.08 Å². The van der Waals surface area contributed by atoms with E-state index in [0.717, 1.165) is 12.4 Å². The summed E-state index contributed by atoms with van der Waals surface area (Å²) in [6.07, 6.45) is 8.15. The molecular weight excluding hydrogens is 174 g/mol. The smallest absolute Gasteiger partial charge is 0.0945 e. The number of allylic oxidation sites excluding steroid dienone is 1. The van der Waals surface area contributed by atoms with Crippen LogP contribution < -0.4 is 4.90 Å². The van der Waals surface area contributed by atoms with Crippen LogP contribution in [0.5, 0.6) is 0 Å². The molecule has 3 heteroatoms. The van der Waals surface area contributed by atoms with Gasteiger partial charge >= 0.3 is 0 Å². The lowest BCUT2D eigenvalue weighted by Gasteiger charge is -2.25. The van der Waals surface area contributed by atoms with Gasteiger partial charge in [0.1, 0.15) is 0 Å². The number of rotatable bonds is 0. The quantitative estimate of drug-likeness (QED) is 0.612. The molecule has 14 heavy (non-hydrogen) atoms. The first-order chi connectivity index (χ1) is 6.84. The summed E-state index contributed by atoms with van der Waals surface area (Å²) in [5, 5.41) is 0. The lowest BCUT2D eigenvalue weighted by Crippen LogP contribution is -2.26. The Kier molecular flexibility index (Phi) is 1.42. The van der Waals surface area contributed by atoms with Crippen LogP contribution >= 0.6 is 0 Å². The zero-order chi connectivity index (χ0) is 9.54. The fraction of sp³-hybridized carbons (Fsp3) is 0.182. The van der Waals surface area contributed by atoms with Crippen LogP contribution in [0.4, 0.5) is 5.69 Å². The average molecular weight is 185 g/mol. The number of pyridine rings is 1. The van der Waals surface area contributed by atoms with Crippen molar-refractivity contribution in [1.29, 1.82) is 0 Å². The second-order valence-corrected chi connectivity index (χ2v) is 3.62. The van der Waals surface area contributed by atoms with Crippen LogP contribution in [0, 0.1) is 0 Å². The summed E-state index contributed by atoms with van der Waals surface area (Å²) in [6.45, 7) is 0.915. The van der Waals surface area contributed by atoms with Crippen molar-refractivity contribution in [2.75, 3.05) is 18.6 Å². The Balaban J connectivity index is 2.14. The number of fused-ring (bicyclic) bond motifs is 3. The van der Waals surface area contributed by atoms with Crippen LogP contribution in [0.3, 0.4) is 0 Å². The average Bonchev–Trinajstić information content (AvgIpc) is 2.59. The Bertz CT molecular complexity index is 434. The molecule has 0 radical (unpaired) electrons. The van der Waals surface area contributed by atoms with Crippen LogP contribution in [0.15, 0.2) is 36.3 Å². The van der Waals surface area contributed by atoms with Gasteiger partial charge in [0.2, 0.25) is 0 Å². The molecular formula is C11H11N3. The number of aromatic nitrogens is 1. The highest BCUT2D eigenvalue weighted by molar-refractivity contribution is 5.74. The predicted molar refractivity (Wildman–Crippen MR) is 56.5 cm³/mol. The number of nitrogens with zero attached hydrogens (tertiary/aromatic N) is 3. The maximum atomic E-state index is 4.33. The van der Waals surface area contributed by atoms with Gasteiger partial charge < -0.3 is 9.80 Å². The first-order valence-corrected chi connectivity index (χ1v) is 4.67. The second kappa shape index (κ2) is 2.61. The van der Waals surface area contributed by atoms with Crippen molar-refractivity contribution in [3.8, 4) is 0 Å². The summed E-state index contributed by atoms with van der Waals surface area (Å²) in [5.41, 5.74) is 3.50. The van der Waals surface area contributed by atoms with Crippen molar-refractivity contribution in [2.45, 2.75) is 0 Å². The third-order valence-electron chi connectivity index (χ3n) is 2.55. The first-order valence-electron chi connectivity index (χ1n) is 4.67. The normalized spacial score (nSPS) is 17.9. The first kappa shape index (κ1) is 7.62. The Morgan fingerprint density at radius 1 is 1.36 bits per heavy atom. The van der Waals surface area contributed by atoms with Crippen LogP contribution in [-0.4, -0.2) is 23.6 Å². The van der Waals surface area contributed by atoms with E-state index >= 15 is 0 Å². The molecule has 3 rings (SSSR count). The van der Waals surface area contributed by atoms with Gasteiger partial charge in [-0.25, -0.2) is 0 Å². The summed E-state index contributed by atoms with van der Waals surface area (Å²) in [4.78, 5) is 8.77. The molecule has 3 heterocycles. The topological polar surface area (TPSA) is 19.4 Å². The minimum Gasteiger partial charge on any atom is -0.361 e. The third-order valence-corrected chi connectivity index (χ3v) is 2.55. The van der Waals surface area contributed by atoms with Crippen LogP contribution in [-0.2, 0) is 0 Å². The van der Waals surface area contributed by atoms with E-state index in [1.807, 2.05) is 12.3 Å². The summed E-state index contributed by atoms with van der Waals surface area (Å²) in [5.74, 6) is 0. The zero-order valence-corrected chi connectivity index (χ0v) is 8.01. The zero-order valence-electron chi connectivity index (χ0n) is 8.01. The monoisotopic (exact) mass is 185 g/mol. The minimum absolute atomic E-state index is 0.915. The lowest BCUT2D eigenvalue weighted by molar-refractivity contribution is 0.495. The Morgan fingerprint density at radius 3 is 3.21 bits per heavy atom. The molecule has 0 saturated carbocycles. The lowest BCUT2D eigenvalue weighted by atomic mass is 10.2. The van der Waals surface area contributed by atoms with Crippen molar-refractivity contribution in [2.24, 2.45) is 0 Å². The SMILES string of the molecule is CN1C=C2C=Cc3ncccc3N2C1. The molecule has 0 bridgehead atoms. The van der Waals surface area contributed by atoms with E-state index in [2.05, 4.69) is 46.2 Å². The third kappa shape index (κ3) is 0.954. The molecule has 0 unspecified atom stereocenters. The highest BCUT2D eigenvalue weighted by Crippen LogP contribution is 2.31. The van der Waals surface area contributed by atoms with Gasteiger partial charge in [-0.1, -0.05) is 0 Å². The van der Waals surface area contributed by atoms with Crippen molar-refractivity contribution < 1.29 is 0 Å². The van der Waals surface area contributed by atoms with Gasteiger partial charge in [0.05, 0.1) is 23.7 Å². The molecule has 0 fully saturated rings. The molecule has 1 aromatic heterocycles. The van der Waals surface area contributed by atoms with E-state index in [9.17, 15) is 0 Å². The highest BCUT2D eigenvalue weighted by atomic mass is 15.3. The van der Waals surface area contributed by atoms with E-state index in [0.29, 0.717) is 0 Å². The van der Waals surface area contributed by atoms with E-state index in [1.54, 1.807) is 0 Å². The van der Waals surface area contributed by atoms with Gasteiger partial charge in [-0.3, -0.25) is 4.98 Å². The maximum absolute atomic E-state index is 4.33. The molecule has 0 saturated heterocycles. The number of hydrogen-bond donors (Lipinski definition) is 0. The minimum atomic E-state index is 0.915. The van der Waals surface area contributed by atoms with Gasteiger partial charge in [-0.05, 0) is 24.3 Å². The fourth-order valence-corrected chi connectivity index (χ4v) is 1.92. The maximum Gasteiger partial charge on any atom is 0.0945 e. The standard InChI is InChI=1S/C11H11N3/c1-13-7-9-4-5-10-11(14(9)8-13)3-2-6-12-10/h2-7H,8H2,1H3. The van der Waals surface area contributed by atoms with Crippen molar-refractivity contribution in [1.82, 2.24) is 9.88 Å². The van der Waals surface area contributed by atoms with Gasteiger partial charge in [-0.15, -0.1) is 0 Å². The van der Waals surface area contributed by atoms with Gasteiger partial charge in [0.25, 0.3) is 0 Å². The summed E-state index contributed by atoms with van der Waals surface area (Å²) >= 11 is 0. The Hall–Kier alpha value is -1.77. The molecule has 2 aliphatic rings. The largest absolute Gasteiger partial charge is 0.361 e. The molecule has 0 atom stereocenters. The predicted octanol–water partition coefficient (Wildman–Crippen LogP) is 1.66. The summed E-state index contributed by atoms with van der Waals surface area (Å²) < 4.78 is 0. The van der Waals surface area contributed by atoms with Crippen LogP contribution in [0.1, 0.15) is 5.69 Å². The number of hydrogen-bond acceptors (Lipinski definition) is 3. The summed E-state index contributed by atoms with van der Waals surface area (Å²) in [6, 6.07) is 4.09. The van der Waals surface area contributed by atoms with E-state index < -0.39 is 0 Å². The molecule has 0 aliphatic carbocycles. The molecule has 2 aliphatic heterocycles. The Labute approximate surface area is 83.0 Å². The second-order valence-electron chi connectivity index (χ2n) is 3.62. The fourth-order valence-electron chi connectivity index (χ4n) is 1.92. The Morgan fingerprint density at radius 2 is 2.29 bits per heavy atom. The van der Waals surface area contributed by atoms with E-state index in [-0.39, 0.29) is 0 Å². The molecule has 0 amide bonds. The molecule has 3 nitrogen and oxygen atoms in total. The van der Waals surface area contributed by atoms with Crippen molar-refractivity contribution in [3.05, 3.63) is 42.0 Å². The van der Waals surface area contributed by atoms with Crippen molar-refractivity contribution in [3.63, 3.8) is 0 Å². The summed E-state index contributed by atoms with van der Waals surface area (Å²) in [7, 11) is 2.08. The van der Waals surface area contributed by atoms with Gasteiger partial charge in [0, 0.05) is 19.4 Å². The molecule has 0 aromatic carbocycles. The number of anilines is 1. The van der Waals surface area contributed by atoms with E-state index in [4.69, 9.17) is 0 Å². The molecule has 0 N–H and O–H groups in total. The van der Waals surface area contributed by atoms with Crippen molar-refractivity contribution >= 4 is 11.8 Å². The molecule has 1 aromatic rings. The van der Waals surface area contributed by atoms with Gasteiger partial charge in [-0.2, -0.15) is 0 Å². The molecule has 70 valence electrons. The highest BCUT2D eigenvalue weighted by Gasteiger charge is 2.23.